The van der Waals surface area contributed by atoms with Crippen LogP contribution in [0.4, 0.5) is 14.6 Å². The predicted molar refractivity (Wildman–Crippen MR) is 95.5 cm³/mol. The Kier molecular flexibility index (Phi) is 4.29. The third kappa shape index (κ3) is 3.02. The van der Waals surface area contributed by atoms with Gasteiger partial charge in [0.25, 0.3) is 0 Å². The molecule has 2 N–H and O–H groups in total. The standard InChI is InChI=1S/C18H21ClF2N4O/c1-8(2)25-14(16-11-4-10(19)5-12(11)16)6-13(24-25)9-3-15(26-18(20)21)17(22)23-7-9/h3,6-8,10-12,16,18H,4-5H2,1-2H3,(H2,22,23)/t10-,11+,12-,16-. The molecule has 2 aromatic heterocycles. The molecule has 8 heteroatoms. The summed E-state index contributed by atoms with van der Waals surface area (Å²) in [7, 11) is 0. The van der Waals surface area contributed by atoms with Crippen LogP contribution < -0.4 is 10.5 Å². The van der Waals surface area contributed by atoms with Crippen LogP contribution in [0, 0.1) is 11.8 Å². The van der Waals surface area contributed by atoms with E-state index in [1.807, 2.05) is 10.7 Å². The summed E-state index contributed by atoms with van der Waals surface area (Å²) in [4.78, 5) is 3.97. The van der Waals surface area contributed by atoms with E-state index in [2.05, 4.69) is 23.6 Å². The molecule has 2 aliphatic carbocycles. The van der Waals surface area contributed by atoms with Crippen LogP contribution in [0.15, 0.2) is 18.3 Å². The molecule has 5 nitrogen and oxygen atoms in total. The molecule has 2 aliphatic rings. The number of pyridine rings is 1. The van der Waals surface area contributed by atoms with Crippen molar-refractivity contribution in [3.05, 3.63) is 24.0 Å². The fraction of sp³-hybridized carbons (Fsp3) is 0.556. The van der Waals surface area contributed by atoms with Crippen molar-refractivity contribution >= 4 is 17.4 Å². The molecule has 4 rings (SSSR count). The minimum absolute atomic E-state index is 0.0672. The summed E-state index contributed by atoms with van der Waals surface area (Å²) in [5, 5.41) is 4.98. The summed E-state index contributed by atoms with van der Waals surface area (Å²) in [5.41, 5.74) is 8.10. The van der Waals surface area contributed by atoms with E-state index in [1.54, 1.807) is 0 Å². The highest BCUT2D eigenvalue weighted by Crippen LogP contribution is 2.64. The van der Waals surface area contributed by atoms with Crippen molar-refractivity contribution in [2.75, 3.05) is 5.73 Å². The monoisotopic (exact) mass is 382 g/mol. The van der Waals surface area contributed by atoms with Gasteiger partial charge in [-0.1, -0.05) is 0 Å². The number of aromatic nitrogens is 3. The average Bonchev–Trinajstić information content (AvgIpc) is 2.94. The number of nitrogens with two attached hydrogens (primary N) is 1. The smallest absolute Gasteiger partial charge is 0.387 e. The predicted octanol–water partition coefficient (Wildman–Crippen LogP) is 4.44. The molecule has 2 aromatic rings. The van der Waals surface area contributed by atoms with Gasteiger partial charge in [-0.05, 0) is 50.7 Å². The number of anilines is 1. The largest absolute Gasteiger partial charge is 0.431 e. The van der Waals surface area contributed by atoms with Crippen molar-refractivity contribution in [2.45, 2.75) is 50.6 Å². The fourth-order valence-corrected chi connectivity index (χ4v) is 4.62. The lowest BCUT2D eigenvalue weighted by molar-refractivity contribution is -0.0494. The maximum atomic E-state index is 12.5. The van der Waals surface area contributed by atoms with Crippen LogP contribution >= 0.6 is 11.6 Å². The number of rotatable bonds is 5. The molecule has 2 saturated carbocycles. The third-order valence-electron chi connectivity index (χ3n) is 5.38. The Morgan fingerprint density at radius 3 is 2.58 bits per heavy atom. The molecule has 0 bridgehead atoms. The summed E-state index contributed by atoms with van der Waals surface area (Å²) in [6, 6.07) is 3.70. The molecular weight excluding hydrogens is 362 g/mol. The van der Waals surface area contributed by atoms with Crippen LogP contribution in [0.1, 0.15) is 44.3 Å². The minimum Gasteiger partial charge on any atom is -0.431 e. The second-order valence-electron chi connectivity index (χ2n) is 7.40. The first-order valence-electron chi connectivity index (χ1n) is 8.79. The normalized spacial score (nSPS) is 27.2. The lowest BCUT2D eigenvalue weighted by Gasteiger charge is -2.13. The maximum Gasteiger partial charge on any atom is 0.387 e. The lowest BCUT2D eigenvalue weighted by atomic mass is 10.1. The summed E-state index contributed by atoms with van der Waals surface area (Å²) >= 11 is 6.25. The number of hydrogen-bond acceptors (Lipinski definition) is 4. The molecule has 0 amide bonds. The Bertz CT molecular complexity index is 814. The zero-order chi connectivity index (χ0) is 18.6. The number of alkyl halides is 3. The van der Waals surface area contributed by atoms with Crippen molar-refractivity contribution in [2.24, 2.45) is 11.8 Å². The van der Waals surface area contributed by atoms with Gasteiger partial charge < -0.3 is 10.5 Å². The van der Waals surface area contributed by atoms with Crippen LogP contribution in [-0.4, -0.2) is 26.8 Å². The summed E-state index contributed by atoms with van der Waals surface area (Å²) in [6.07, 6.45) is 3.63. The van der Waals surface area contributed by atoms with Crippen LogP contribution in [0.5, 0.6) is 5.75 Å². The first kappa shape index (κ1) is 17.5. The van der Waals surface area contributed by atoms with E-state index in [9.17, 15) is 8.78 Å². The van der Waals surface area contributed by atoms with Gasteiger partial charge in [0.2, 0.25) is 0 Å². The lowest BCUT2D eigenvalue weighted by Crippen LogP contribution is -2.09. The number of halogens is 3. The molecule has 0 unspecified atom stereocenters. The van der Waals surface area contributed by atoms with E-state index in [-0.39, 0.29) is 23.0 Å². The van der Waals surface area contributed by atoms with Gasteiger partial charge in [-0.3, -0.25) is 4.68 Å². The summed E-state index contributed by atoms with van der Waals surface area (Å²) < 4.78 is 31.6. The molecule has 0 saturated heterocycles. The van der Waals surface area contributed by atoms with E-state index < -0.39 is 6.61 Å². The summed E-state index contributed by atoms with van der Waals surface area (Å²) in [5.74, 6) is 1.53. The third-order valence-corrected chi connectivity index (χ3v) is 5.73. The quantitative estimate of drug-likeness (QED) is 0.776. The van der Waals surface area contributed by atoms with Crippen LogP contribution in [0.2, 0.25) is 0 Å². The zero-order valence-electron chi connectivity index (χ0n) is 14.6. The molecule has 2 fully saturated rings. The Hall–Kier alpha value is -1.89. The molecule has 140 valence electrons. The summed E-state index contributed by atoms with van der Waals surface area (Å²) in [6.45, 7) is 1.21. The SMILES string of the molecule is CC(C)n1nc(-c2cnc(N)c(OC(F)F)c2)cc1[C@H]1[C@@H]2C[C@H](Cl)C[C@@H]21. The van der Waals surface area contributed by atoms with E-state index in [0.717, 1.165) is 12.8 Å². The molecule has 26 heavy (non-hydrogen) atoms. The van der Waals surface area contributed by atoms with Gasteiger partial charge in [-0.15, -0.1) is 11.6 Å². The number of ether oxygens (including phenoxy) is 1. The molecule has 0 radical (unpaired) electrons. The fourth-order valence-electron chi connectivity index (χ4n) is 4.21. The highest BCUT2D eigenvalue weighted by molar-refractivity contribution is 6.20. The Balaban J connectivity index is 1.67. The molecule has 0 aromatic carbocycles. The van der Waals surface area contributed by atoms with E-state index >= 15 is 0 Å². The number of fused-ring (bicyclic) bond motifs is 1. The van der Waals surface area contributed by atoms with Gasteiger partial charge in [0, 0.05) is 34.8 Å². The van der Waals surface area contributed by atoms with Gasteiger partial charge >= 0.3 is 6.61 Å². The van der Waals surface area contributed by atoms with Crippen LogP contribution in [0.3, 0.4) is 0 Å². The van der Waals surface area contributed by atoms with E-state index in [4.69, 9.17) is 22.4 Å². The van der Waals surface area contributed by atoms with Crippen molar-refractivity contribution < 1.29 is 13.5 Å². The van der Waals surface area contributed by atoms with Crippen molar-refractivity contribution in [3.63, 3.8) is 0 Å². The molecule has 2 heterocycles. The first-order valence-corrected chi connectivity index (χ1v) is 9.23. The van der Waals surface area contributed by atoms with Crippen molar-refractivity contribution in [1.29, 1.82) is 0 Å². The van der Waals surface area contributed by atoms with Gasteiger partial charge in [-0.2, -0.15) is 13.9 Å². The second kappa shape index (κ2) is 6.37. The van der Waals surface area contributed by atoms with Gasteiger partial charge in [0.15, 0.2) is 11.6 Å². The number of nitrogens with zero attached hydrogens (tertiary/aromatic N) is 3. The molecule has 0 spiro atoms. The highest BCUT2D eigenvalue weighted by atomic mass is 35.5. The first-order chi connectivity index (χ1) is 12.3. The van der Waals surface area contributed by atoms with Crippen LogP contribution in [0.25, 0.3) is 11.3 Å². The number of nitrogen functional groups attached to an aromatic ring is 1. The van der Waals surface area contributed by atoms with Gasteiger partial charge in [0.1, 0.15) is 0 Å². The van der Waals surface area contributed by atoms with Gasteiger partial charge in [0.05, 0.1) is 5.69 Å². The highest BCUT2D eigenvalue weighted by Gasteiger charge is 2.57. The van der Waals surface area contributed by atoms with E-state index in [1.165, 1.54) is 18.0 Å². The minimum atomic E-state index is -2.95. The van der Waals surface area contributed by atoms with Crippen molar-refractivity contribution in [3.8, 4) is 17.0 Å². The second-order valence-corrected chi connectivity index (χ2v) is 8.02. The molecule has 0 aliphatic heterocycles. The molecular formula is C18H21ClF2N4O. The van der Waals surface area contributed by atoms with E-state index in [0.29, 0.717) is 29.0 Å². The Labute approximate surface area is 155 Å². The van der Waals surface area contributed by atoms with Crippen molar-refractivity contribution in [1.82, 2.24) is 14.8 Å². The number of hydrogen-bond donors (Lipinski definition) is 1. The Morgan fingerprint density at radius 1 is 1.27 bits per heavy atom. The maximum absolute atomic E-state index is 12.5. The van der Waals surface area contributed by atoms with Crippen LogP contribution in [-0.2, 0) is 0 Å². The Morgan fingerprint density at radius 2 is 1.96 bits per heavy atom. The zero-order valence-corrected chi connectivity index (χ0v) is 15.3. The topological polar surface area (TPSA) is 66.0 Å². The molecule has 4 atom stereocenters. The average molecular weight is 383 g/mol. The van der Waals surface area contributed by atoms with Gasteiger partial charge in [-0.25, -0.2) is 4.98 Å².